The molecule has 7 heteroatoms. The molecule has 0 radical (unpaired) electrons. The first-order chi connectivity index (χ1) is 10.2. The van der Waals surface area contributed by atoms with E-state index < -0.39 is 0 Å². The fourth-order valence-electron chi connectivity index (χ4n) is 2.41. The Hall–Kier alpha value is -1.63. The third kappa shape index (κ3) is 3.93. The Morgan fingerprint density at radius 2 is 1.81 bits per heavy atom. The van der Waals surface area contributed by atoms with Gasteiger partial charge in [-0.15, -0.1) is 0 Å². The van der Waals surface area contributed by atoms with Crippen LogP contribution in [-0.2, 0) is 9.53 Å². The van der Waals surface area contributed by atoms with Crippen LogP contribution in [0.25, 0.3) is 0 Å². The maximum absolute atomic E-state index is 11.7. The average molecular weight is 311 g/mol. The van der Waals surface area contributed by atoms with Crippen molar-refractivity contribution in [2.45, 2.75) is 25.7 Å². The smallest absolute Gasteiger partial charge is 0.336 e. The second kappa shape index (κ2) is 7.40. The lowest BCUT2D eigenvalue weighted by Crippen LogP contribution is -2.35. The summed E-state index contributed by atoms with van der Waals surface area (Å²) in [7, 11) is 2.99. The fraction of sp³-hybridized carbons (Fsp3) is 0.571. The SMILES string of the molecule is CNC(=O)NC1=C(NC2=C(C(=O)OC)CSC2)CCCC1. The first-order valence-corrected chi connectivity index (χ1v) is 8.17. The van der Waals surface area contributed by atoms with Crippen LogP contribution in [0.2, 0.25) is 0 Å². The molecule has 21 heavy (non-hydrogen) atoms. The molecule has 0 saturated carbocycles. The van der Waals surface area contributed by atoms with Gasteiger partial charge in [-0.05, 0) is 25.7 Å². The number of rotatable bonds is 4. The molecule has 116 valence electrons. The van der Waals surface area contributed by atoms with E-state index in [1.807, 2.05) is 0 Å². The van der Waals surface area contributed by atoms with Gasteiger partial charge in [-0.1, -0.05) is 0 Å². The zero-order valence-electron chi connectivity index (χ0n) is 12.4. The molecule has 2 aliphatic rings. The van der Waals surface area contributed by atoms with Crippen LogP contribution in [0.5, 0.6) is 0 Å². The van der Waals surface area contributed by atoms with Gasteiger partial charge in [-0.2, -0.15) is 11.8 Å². The van der Waals surface area contributed by atoms with E-state index in [1.165, 1.54) is 7.11 Å². The van der Waals surface area contributed by atoms with Crippen molar-refractivity contribution in [3.63, 3.8) is 0 Å². The summed E-state index contributed by atoms with van der Waals surface area (Å²) in [5.74, 6) is 1.15. The number of carbonyl (C=O) groups is 2. The summed E-state index contributed by atoms with van der Waals surface area (Å²) in [4.78, 5) is 23.2. The van der Waals surface area contributed by atoms with Crippen molar-refractivity contribution in [2.75, 3.05) is 25.7 Å². The number of hydrogen-bond acceptors (Lipinski definition) is 5. The van der Waals surface area contributed by atoms with Gasteiger partial charge in [0.05, 0.1) is 12.7 Å². The Kier molecular flexibility index (Phi) is 5.55. The normalized spacial score (nSPS) is 18.6. The molecule has 0 aromatic rings. The molecule has 0 unspecified atom stereocenters. The Morgan fingerprint density at radius 3 is 2.48 bits per heavy atom. The van der Waals surface area contributed by atoms with E-state index in [0.29, 0.717) is 11.3 Å². The Bertz CT molecular complexity index is 500. The summed E-state index contributed by atoms with van der Waals surface area (Å²) in [6.07, 6.45) is 3.85. The number of hydrogen-bond donors (Lipinski definition) is 3. The van der Waals surface area contributed by atoms with Gasteiger partial charge >= 0.3 is 12.0 Å². The number of thioether (sulfide) groups is 1. The van der Waals surface area contributed by atoms with Gasteiger partial charge in [0.25, 0.3) is 0 Å². The van der Waals surface area contributed by atoms with Gasteiger partial charge in [0.2, 0.25) is 0 Å². The first kappa shape index (κ1) is 15.8. The minimum atomic E-state index is -0.278. The molecule has 0 atom stereocenters. The molecule has 1 heterocycles. The highest BCUT2D eigenvalue weighted by Crippen LogP contribution is 2.28. The molecule has 1 aliphatic heterocycles. The topological polar surface area (TPSA) is 79.5 Å². The maximum atomic E-state index is 11.7. The van der Waals surface area contributed by atoms with Crippen molar-refractivity contribution in [1.82, 2.24) is 16.0 Å². The van der Waals surface area contributed by atoms with Crippen molar-refractivity contribution < 1.29 is 14.3 Å². The average Bonchev–Trinajstić information content (AvgIpc) is 2.96. The van der Waals surface area contributed by atoms with Crippen LogP contribution < -0.4 is 16.0 Å². The lowest BCUT2D eigenvalue weighted by molar-refractivity contribution is -0.136. The highest BCUT2D eigenvalue weighted by Gasteiger charge is 2.24. The number of amides is 2. The van der Waals surface area contributed by atoms with Crippen LogP contribution in [0.1, 0.15) is 25.7 Å². The van der Waals surface area contributed by atoms with Gasteiger partial charge in [0, 0.05) is 35.6 Å². The zero-order valence-corrected chi connectivity index (χ0v) is 13.2. The van der Waals surface area contributed by atoms with Crippen LogP contribution in [-0.4, -0.2) is 37.7 Å². The van der Waals surface area contributed by atoms with E-state index in [0.717, 1.165) is 48.5 Å². The molecule has 0 fully saturated rings. The lowest BCUT2D eigenvalue weighted by Gasteiger charge is -2.23. The zero-order chi connectivity index (χ0) is 15.2. The van der Waals surface area contributed by atoms with Gasteiger partial charge in [-0.3, -0.25) is 0 Å². The molecule has 6 nitrogen and oxygen atoms in total. The fourth-order valence-corrected chi connectivity index (χ4v) is 3.46. The van der Waals surface area contributed by atoms with Crippen molar-refractivity contribution >= 4 is 23.8 Å². The quantitative estimate of drug-likeness (QED) is 0.685. The van der Waals surface area contributed by atoms with E-state index in [9.17, 15) is 9.59 Å². The predicted molar refractivity (Wildman–Crippen MR) is 82.6 cm³/mol. The standard InChI is InChI=1S/C14H21N3O3S/c1-15-14(19)17-11-6-4-3-5-10(11)16-12-8-21-7-9(12)13(18)20-2/h16H,3-8H2,1-2H3,(H2,15,17,19). The summed E-state index contributed by atoms with van der Waals surface area (Å²) in [5, 5.41) is 8.79. The highest BCUT2D eigenvalue weighted by molar-refractivity contribution is 7.99. The minimum Gasteiger partial charge on any atom is -0.466 e. The van der Waals surface area contributed by atoms with E-state index in [2.05, 4.69) is 16.0 Å². The maximum Gasteiger partial charge on any atom is 0.336 e. The van der Waals surface area contributed by atoms with Crippen molar-refractivity contribution in [3.05, 3.63) is 22.7 Å². The van der Waals surface area contributed by atoms with E-state index >= 15 is 0 Å². The molecule has 0 aromatic heterocycles. The number of nitrogens with one attached hydrogen (secondary N) is 3. The number of methoxy groups -OCH3 is 1. The van der Waals surface area contributed by atoms with Crippen LogP contribution in [0.15, 0.2) is 22.7 Å². The molecule has 0 saturated heterocycles. The molecule has 0 bridgehead atoms. The molecule has 3 N–H and O–H groups in total. The molecule has 2 rings (SSSR count). The Balaban J connectivity index is 2.18. The largest absolute Gasteiger partial charge is 0.466 e. The second-order valence-corrected chi connectivity index (χ2v) is 5.92. The monoisotopic (exact) mass is 311 g/mol. The summed E-state index contributed by atoms with van der Waals surface area (Å²) in [5.41, 5.74) is 3.51. The Morgan fingerprint density at radius 1 is 1.10 bits per heavy atom. The molecular weight excluding hydrogens is 290 g/mol. The third-order valence-corrected chi connectivity index (χ3v) is 4.54. The summed E-state index contributed by atoms with van der Waals surface area (Å²) in [6.45, 7) is 0. The molecule has 0 spiro atoms. The van der Waals surface area contributed by atoms with Gasteiger partial charge in [0.1, 0.15) is 0 Å². The van der Waals surface area contributed by atoms with Crippen LogP contribution in [0.4, 0.5) is 4.79 Å². The van der Waals surface area contributed by atoms with Crippen molar-refractivity contribution in [1.29, 1.82) is 0 Å². The minimum absolute atomic E-state index is 0.214. The Labute approximate surface area is 128 Å². The van der Waals surface area contributed by atoms with Crippen LogP contribution in [0, 0.1) is 0 Å². The van der Waals surface area contributed by atoms with Crippen LogP contribution in [0.3, 0.4) is 0 Å². The van der Waals surface area contributed by atoms with E-state index in [-0.39, 0.29) is 12.0 Å². The van der Waals surface area contributed by atoms with E-state index in [1.54, 1.807) is 18.8 Å². The third-order valence-electron chi connectivity index (χ3n) is 3.55. The molecular formula is C14H21N3O3S. The number of esters is 1. The van der Waals surface area contributed by atoms with Gasteiger partial charge in [-0.25, -0.2) is 9.59 Å². The molecule has 0 aromatic carbocycles. The first-order valence-electron chi connectivity index (χ1n) is 7.01. The number of allylic oxidation sites excluding steroid dienone is 2. The van der Waals surface area contributed by atoms with Gasteiger partial charge in [0.15, 0.2) is 0 Å². The summed E-state index contributed by atoms with van der Waals surface area (Å²) >= 11 is 1.68. The van der Waals surface area contributed by atoms with E-state index in [4.69, 9.17) is 4.74 Å². The second-order valence-electron chi connectivity index (χ2n) is 4.93. The lowest BCUT2D eigenvalue weighted by atomic mass is 10.0. The van der Waals surface area contributed by atoms with Crippen molar-refractivity contribution in [2.24, 2.45) is 0 Å². The summed E-state index contributed by atoms with van der Waals surface area (Å²) < 4.78 is 4.82. The number of urea groups is 1. The molecule has 1 aliphatic carbocycles. The number of ether oxygens (including phenoxy) is 1. The molecule has 2 amide bonds. The summed E-state index contributed by atoms with van der Waals surface area (Å²) in [6, 6.07) is -0.214. The van der Waals surface area contributed by atoms with Crippen molar-refractivity contribution in [3.8, 4) is 0 Å². The highest BCUT2D eigenvalue weighted by atomic mass is 32.2. The van der Waals surface area contributed by atoms with Crippen LogP contribution >= 0.6 is 11.8 Å². The van der Waals surface area contributed by atoms with Gasteiger partial charge < -0.3 is 20.7 Å². The predicted octanol–water partition coefficient (Wildman–Crippen LogP) is 1.46. The number of carbonyl (C=O) groups excluding carboxylic acids is 2.